The number of carbonyl (C=O) groups excluding carboxylic acids is 3. The fourth-order valence-electron chi connectivity index (χ4n) is 4.57. The standard InChI is InChI=1S/C24H41AsN8O18P3S2/c1-24(2,18(36)21(37)29-4-3-14(34)28-5-6-55-23(38)12(26)8-56-25-39)9-48-54(45,46)51-53(43,44)47-7-13-17(50-52(40,41)42)16(35)22(49-13)33-11-32-15-19(27)30-10-31-20(15)33/h10-13,16-18,22,35-36,39H,3-9,26H2,1-2H3,(H,28,34)(H,29,37)(H,43,44)(H,45,46)(H2,27,30,31)(H2,40,41,42). The summed E-state index contributed by atoms with van der Waals surface area (Å²) in [4.78, 5) is 87.4. The summed E-state index contributed by atoms with van der Waals surface area (Å²) in [5, 5.41) is 26.0. The number of thioether (sulfide) groups is 1. The van der Waals surface area contributed by atoms with Gasteiger partial charge in [0.25, 0.3) is 0 Å². The first kappa shape index (κ1) is 48.8. The van der Waals surface area contributed by atoms with E-state index in [2.05, 4.69) is 34.4 Å². The van der Waals surface area contributed by atoms with E-state index in [1.165, 1.54) is 23.9 Å². The van der Waals surface area contributed by atoms with Crippen LogP contribution >= 0.6 is 45.3 Å². The Balaban J connectivity index is 1.48. The molecule has 1 aliphatic heterocycles. The Morgan fingerprint density at radius 2 is 1.77 bits per heavy atom. The molecule has 8 atom stereocenters. The fourth-order valence-corrected chi connectivity index (χ4v) is 10.0. The number of nitrogens with zero attached hydrogens (tertiary/aromatic N) is 4. The van der Waals surface area contributed by atoms with Crippen molar-refractivity contribution in [3.63, 3.8) is 0 Å². The van der Waals surface area contributed by atoms with Crippen LogP contribution in [0.2, 0.25) is 0 Å². The number of imidazole rings is 1. The third kappa shape index (κ3) is 14.9. The summed E-state index contributed by atoms with van der Waals surface area (Å²) >= 11 is 0.00337. The molecular weight excluding hydrogens is 920 g/mol. The topological polar surface area (TPSA) is 410 Å². The Bertz CT molecular complexity index is 1830. The SMILES string of the molecule is CC(C)(COP(=O)(O)OP(=O)(O)OCC1OC(n2cnc3c(N)ncnc32)C(O)C1OP(=O)(O)O)C(O)C(=O)NCCC(=O)NCCSC(=O)C(N)CS[As]O. The van der Waals surface area contributed by atoms with Crippen molar-refractivity contribution in [2.45, 2.75) is 57.0 Å². The summed E-state index contributed by atoms with van der Waals surface area (Å²) in [6.07, 6.45) is -7.02. The number of aliphatic hydroxyl groups excluding tert-OH is 2. The van der Waals surface area contributed by atoms with E-state index in [1.54, 1.807) is 0 Å². The van der Waals surface area contributed by atoms with Gasteiger partial charge in [-0.1, -0.05) is 13.8 Å². The van der Waals surface area contributed by atoms with E-state index >= 15 is 0 Å². The Morgan fingerprint density at radius 3 is 2.43 bits per heavy atom. The van der Waals surface area contributed by atoms with Crippen LogP contribution in [0.15, 0.2) is 12.7 Å². The molecule has 0 spiro atoms. The number of nitrogen functional groups attached to an aromatic ring is 1. The summed E-state index contributed by atoms with van der Waals surface area (Å²) in [6, 6.07) is -0.750. The second kappa shape index (κ2) is 21.1. The van der Waals surface area contributed by atoms with Crippen molar-refractivity contribution in [3.8, 4) is 0 Å². The van der Waals surface area contributed by atoms with Gasteiger partial charge in [0.05, 0.1) is 19.5 Å². The van der Waals surface area contributed by atoms with E-state index in [-0.39, 0.29) is 53.1 Å². The normalized spacial score (nSPS) is 22.5. The number of nitrogens with two attached hydrogens (primary N) is 2. The number of aliphatic hydroxyl groups is 2. The van der Waals surface area contributed by atoms with Crippen molar-refractivity contribution < 1.29 is 84.6 Å². The summed E-state index contributed by atoms with van der Waals surface area (Å²) < 4.78 is 70.9. The summed E-state index contributed by atoms with van der Waals surface area (Å²) in [5.74, 6) is -1.02. The molecule has 1 radical (unpaired) electrons. The van der Waals surface area contributed by atoms with Gasteiger partial charge in [0.2, 0.25) is 5.91 Å². The summed E-state index contributed by atoms with van der Waals surface area (Å²) in [5.41, 5.74) is 9.92. The molecule has 13 N–H and O–H groups in total. The number of hydrogen-bond donors (Lipinski definition) is 11. The minimum absolute atomic E-state index is 0.0242. The van der Waals surface area contributed by atoms with Crippen LogP contribution in [-0.4, -0.2) is 154 Å². The Kier molecular flexibility index (Phi) is 18.3. The van der Waals surface area contributed by atoms with Crippen molar-refractivity contribution in [3.05, 3.63) is 12.7 Å². The Morgan fingerprint density at radius 1 is 1.09 bits per heavy atom. The average Bonchev–Trinajstić information content (AvgIpc) is 3.66. The number of anilines is 1. The molecule has 2 aromatic rings. The quantitative estimate of drug-likeness (QED) is 0.0305. The molecule has 2 aromatic heterocycles. The van der Waals surface area contributed by atoms with Crippen molar-refractivity contribution in [1.29, 1.82) is 0 Å². The Hall–Kier alpha value is -1.61. The molecule has 0 aliphatic carbocycles. The molecule has 0 bridgehead atoms. The molecule has 3 heterocycles. The van der Waals surface area contributed by atoms with Crippen LogP contribution in [0.1, 0.15) is 26.5 Å². The van der Waals surface area contributed by atoms with E-state index in [0.29, 0.717) is 0 Å². The second-order valence-electron chi connectivity index (χ2n) is 12.2. The van der Waals surface area contributed by atoms with Crippen molar-refractivity contribution in [1.82, 2.24) is 30.2 Å². The maximum absolute atomic E-state index is 12.7. The number of nitrogens with one attached hydrogen (secondary N) is 2. The van der Waals surface area contributed by atoms with Gasteiger partial charge in [-0.05, 0) is 0 Å². The number of fused-ring (bicyclic) bond motifs is 1. The molecule has 1 fully saturated rings. The third-order valence-electron chi connectivity index (χ3n) is 7.36. The van der Waals surface area contributed by atoms with E-state index in [0.717, 1.165) is 29.0 Å². The fraction of sp³-hybridized carbons (Fsp3) is 0.667. The van der Waals surface area contributed by atoms with Gasteiger partial charge in [0.1, 0.15) is 36.3 Å². The first-order chi connectivity index (χ1) is 26.0. The predicted molar refractivity (Wildman–Crippen MR) is 196 cm³/mol. The predicted octanol–water partition coefficient (Wildman–Crippen LogP) is -2.75. The van der Waals surface area contributed by atoms with Crippen LogP contribution in [0.25, 0.3) is 11.2 Å². The van der Waals surface area contributed by atoms with Crippen LogP contribution in [-0.2, 0) is 50.7 Å². The number of amides is 2. The second-order valence-corrected chi connectivity index (χ2v) is 21.0. The summed E-state index contributed by atoms with van der Waals surface area (Å²) in [6.45, 7) is 0.318. The van der Waals surface area contributed by atoms with E-state index in [1.807, 2.05) is 0 Å². The molecule has 3 rings (SSSR count). The van der Waals surface area contributed by atoms with Crippen LogP contribution < -0.4 is 22.1 Å². The molecule has 0 aromatic carbocycles. The van der Waals surface area contributed by atoms with Crippen LogP contribution in [0, 0.1) is 5.41 Å². The number of phosphoric acid groups is 3. The van der Waals surface area contributed by atoms with Gasteiger partial charge in [0.15, 0.2) is 17.7 Å². The van der Waals surface area contributed by atoms with Gasteiger partial charge in [-0.2, -0.15) is 4.31 Å². The Labute approximate surface area is 332 Å². The van der Waals surface area contributed by atoms with Crippen LogP contribution in [0.4, 0.5) is 5.82 Å². The zero-order valence-electron chi connectivity index (χ0n) is 29.2. The molecule has 32 heteroatoms. The number of hydrogen-bond acceptors (Lipinski definition) is 21. The van der Waals surface area contributed by atoms with Gasteiger partial charge in [-0.3, -0.25) is 22.9 Å². The zero-order chi connectivity index (χ0) is 42.1. The summed E-state index contributed by atoms with van der Waals surface area (Å²) in [7, 11) is -15.2. The van der Waals surface area contributed by atoms with E-state index in [4.69, 9.17) is 29.3 Å². The monoisotopic (exact) mass is 961 g/mol. The molecule has 1 saturated heterocycles. The molecule has 0 saturated carbocycles. The number of rotatable bonds is 23. The molecule has 1 aliphatic rings. The van der Waals surface area contributed by atoms with E-state index in [9.17, 15) is 57.9 Å². The molecule has 56 heavy (non-hydrogen) atoms. The molecular formula is C24H41AsN8O18P3S2. The van der Waals surface area contributed by atoms with Crippen LogP contribution in [0.5, 0.6) is 0 Å². The number of ether oxygens (including phenoxy) is 1. The number of carbonyl (C=O) groups is 3. The third-order valence-corrected chi connectivity index (χ3v) is 13.7. The minimum atomic E-state index is -5.58. The molecule has 26 nitrogen and oxygen atoms in total. The molecule has 8 unspecified atom stereocenters. The van der Waals surface area contributed by atoms with Gasteiger partial charge >= 0.3 is 138 Å². The van der Waals surface area contributed by atoms with Gasteiger partial charge in [0, 0.05) is 5.41 Å². The van der Waals surface area contributed by atoms with E-state index < -0.39 is 106 Å². The number of phosphoric ester groups is 3. The average molecular weight is 962 g/mol. The zero-order valence-corrected chi connectivity index (χ0v) is 35.4. The maximum atomic E-state index is 12.7. The van der Waals surface area contributed by atoms with Crippen molar-refractivity contribution in [2.75, 3.05) is 43.5 Å². The van der Waals surface area contributed by atoms with Crippen LogP contribution in [0.3, 0.4) is 0 Å². The number of aromatic nitrogens is 4. The van der Waals surface area contributed by atoms with Crippen molar-refractivity contribution in [2.24, 2.45) is 11.1 Å². The first-order valence-electron chi connectivity index (χ1n) is 15.7. The molecule has 2 amide bonds. The first-order valence-corrected chi connectivity index (χ1v) is 25.3. The molecule has 317 valence electrons. The van der Waals surface area contributed by atoms with Gasteiger partial charge in [-0.25, -0.2) is 28.6 Å². The van der Waals surface area contributed by atoms with Gasteiger partial charge in [-0.15, -0.1) is 0 Å². The van der Waals surface area contributed by atoms with Gasteiger partial charge < -0.3 is 40.3 Å². The van der Waals surface area contributed by atoms with Crippen molar-refractivity contribution >= 4 is 94.1 Å².